The van der Waals surface area contributed by atoms with E-state index in [-0.39, 0.29) is 4.47 Å². The Bertz CT molecular complexity index is 629. The van der Waals surface area contributed by atoms with Gasteiger partial charge in [0, 0.05) is 12.1 Å². The van der Waals surface area contributed by atoms with Gasteiger partial charge in [0.15, 0.2) is 0 Å². The molecule has 2 aromatic rings. The summed E-state index contributed by atoms with van der Waals surface area (Å²) in [6, 6.07) is 10.7. The van der Waals surface area contributed by atoms with Crippen molar-refractivity contribution in [2.24, 2.45) is 0 Å². The Labute approximate surface area is 129 Å². The Hall–Kier alpha value is -1.53. The van der Waals surface area contributed by atoms with Crippen LogP contribution in [0.25, 0.3) is 0 Å². The second-order valence-electron chi connectivity index (χ2n) is 4.38. The molecule has 0 amide bonds. The van der Waals surface area contributed by atoms with Crippen molar-refractivity contribution in [1.82, 2.24) is 5.32 Å². The highest BCUT2D eigenvalue weighted by molar-refractivity contribution is 9.10. The van der Waals surface area contributed by atoms with Crippen LogP contribution in [0.2, 0.25) is 0 Å². The molecular formula is C15H13BrF3NO. The maximum atomic E-state index is 12.6. The summed E-state index contributed by atoms with van der Waals surface area (Å²) in [6.07, 6.45) is -4.37. The number of nitrogens with one attached hydrogen (secondary N) is 1. The first-order valence-electron chi connectivity index (χ1n) is 6.19. The van der Waals surface area contributed by atoms with Gasteiger partial charge >= 0.3 is 6.18 Å². The van der Waals surface area contributed by atoms with E-state index in [0.717, 1.165) is 17.7 Å². The lowest BCUT2D eigenvalue weighted by Crippen LogP contribution is -2.06. The van der Waals surface area contributed by atoms with Crippen molar-refractivity contribution in [3.8, 4) is 11.5 Å². The zero-order chi connectivity index (χ0) is 15.5. The lowest BCUT2D eigenvalue weighted by Gasteiger charge is -2.13. The van der Waals surface area contributed by atoms with Crippen molar-refractivity contribution in [2.75, 3.05) is 7.05 Å². The molecule has 0 saturated heterocycles. The van der Waals surface area contributed by atoms with Crippen LogP contribution in [0.1, 0.15) is 11.1 Å². The second-order valence-corrected chi connectivity index (χ2v) is 5.24. The molecular weight excluding hydrogens is 347 g/mol. The summed E-state index contributed by atoms with van der Waals surface area (Å²) in [5.74, 6) is 0.943. The van der Waals surface area contributed by atoms with Crippen molar-refractivity contribution >= 4 is 15.9 Å². The van der Waals surface area contributed by atoms with Crippen molar-refractivity contribution in [3.05, 3.63) is 58.1 Å². The Kier molecular flexibility index (Phi) is 4.90. The van der Waals surface area contributed by atoms with Crippen LogP contribution in [0.15, 0.2) is 46.9 Å². The summed E-state index contributed by atoms with van der Waals surface area (Å²) >= 11 is 3.12. The smallest absolute Gasteiger partial charge is 0.416 e. The lowest BCUT2D eigenvalue weighted by molar-refractivity contribution is -0.137. The molecule has 21 heavy (non-hydrogen) atoms. The molecule has 2 nitrogen and oxygen atoms in total. The van der Waals surface area contributed by atoms with Gasteiger partial charge in [-0.2, -0.15) is 13.2 Å². The third-order valence-corrected chi connectivity index (χ3v) is 3.44. The monoisotopic (exact) mass is 359 g/mol. The second kappa shape index (κ2) is 6.49. The first-order valence-corrected chi connectivity index (χ1v) is 6.98. The quantitative estimate of drug-likeness (QED) is 0.831. The van der Waals surface area contributed by atoms with Crippen LogP contribution in [-0.4, -0.2) is 7.05 Å². The maximum Gasteiger partial charge on any atom is 0.416 e. The van der Waals surface area contributed by atoms with E-state index >= 15 is 0 Å². The van der Waals surface area contributed by atoms with E-state index in [1.54, 1.807) is 6.07 Å². The predicted molar refractivity (Wildman–Crippen MR) is 78.4 cm³/mol. The molecule has 2 aromatic carbocycles. The van der Waals surface area contributed by atoms with E-state index < -0.39 is 11.7 Å². The van der Waals surface area contributed by atoms with Gasteiger partial charge in [-0.1, -0.05) is 18.2 Å². The van der Waals surface area contributed by atoms with Crippen molar-refractivity contribution in [3.63, 3.8) is 0 Å². The van der Waals surface area contributed by atoms with E-state index in [4.69, 9.17) is 4.74 Å². The molecule has 0 atom stereocenters. The molecule has 0 unspecified atom stereocenters. The van der Waals surface area contributed by atoms with Crippen LogP contribution in [0.3, 0.4) is 0 Å². The van der Waals surface area contributed by atoms with Gasteiger partial charge in [-0.05, 0) is 47.2 Å². The molecule has 2 rings (SSSR count). The van der Waals surface area contributed by atoms with Gasteiger partial charge in [0.05, 0.1) is 10.0 Å². The fourth-order valence-corrected chi connectivity index (χ4v) is 2.28. The normalized spacial score (nSPS) is 11.5. The molecule has 0 aromatic heterocycles. The van der Waals surface area contributed by atoms with Gasteiger partial charge < -0.3 is 10.1 Å². The maximum absolute atomic E-state index is 12.6. The number of rotatable bonds is 4. The summed E-state index contributed by atoms with van der Waals surface area (Å²) < 4.78 is 43.8. The van der Waals surface area contributed by atoms with Gasteiger partial charge in [0.25, 0.3) is 0 Å². The molecule has 0 saturated carbocycles. The lowest BCUT2D eigenvalue weighted by atomic mass is 10.2. The number of alkyl halides is 3. The fraction of sp³-hybridized carbons (Fsp3) is 0.200. The summed E-state index contributed by atoms with van der Waals surface area (Å²) in [6.45, 7) is 0.606. The number of hydrogen-bond donors (Lipinski definition) is 1. The third kappa shape index (κ3) is 3.98. The van der Waals surface area contributed by atoms with E-state index in [0.29, 0.717) is 18.0 Å². The van der Waals surface area contributed by atoms with Gasteiger partial charge in [0.1, 0.15) is 11.5 Å². The average molecular weight is 360 g/mol. The van der Waals surface area contributed by atoms with Crippen molar-refractivity contribution in [1.29, 1.82) is 0 Å². The Balaban J connectivity index is 2.28. The van der Waals surface area contributed by atoms with Crippen LogP contribution < -0.4 is 10.1 Å². The number of ether oxygens (including phenoxy) is 1. The molecule has 0 aliphatic rings. The Morgan fingerprint density at radius 3 is 2.43 bits per heavy atom. The summed E-state index contributed by atoms with van der Waals surface area (Å²) in [7, 11) is 1.81. The molecule has 0 heterocycles. The van der Waals surface area contributed by atoms with Gasteiger partial charge in [0.2, 0.25) is 0 Å². The van der Waals surface area contributed by atoms with Crippen LogP contribution >= 0.6 is 15.9 Å². The number of para-hydroxylation sites is 1. The molecule has 0 aliphatic heterocycles. The molecule has 0 spiro atoms. The van der Waals surface area contributed by atoms with Crippen molar-refractivity contribution in [2.45, 2.75) is 12.7 Å². The minimum atomic E-state index is -4.37. The molecule has 6 heteroatoms. The van der Waals surface area contributed by atoms with Crippen LogP contribution in [0.5, 0.6) is 11.5 Å². The summed E-state index contributed by atoms with van der Waals surface area (Å²) in [5.41, 5.74) is 0.206. The fourth-order valence-electron chi connectivity index (χ4n) is 1.82. The minimum absolute atomic E-state index is 0.261. The highest BCUT2D eigenvalue weighted by Gasteiger charge is 2.31. The first kappa shape index (κ1) is 15.9. The topological polar surface area (TPSA) is 21.3 Å². The number of halogens is 4. The van der Waals surface area contributed by atoms with Crippen molar-refractivity contribution < 1.29 is 17.9 Å². The van der Waals surface area contributed by atoms with Gasteiger partial charge in [-0.25, -0.2) is 0 Å². The zero-order valence-electron chi connectivity index (χ0n) is 11.2. The summed E-state index contributed by atoms with van der Waals surface area (Å²) in [5, 5.41) is 3.01. The van der Waals surface area contributed by atoms with E-state index in [9.17, 15) is 13.2 Å². The van der Waals surface area contributed by atoms with Gasteiger partial charge in [-0.3, -0.25) is 0 Å². The third-order valence-electron chi connectivity index (χ3n) is 2.82. The molecule has 0 aliphatic carbocycles. The molecule has 112 valence electrons. The van der Waals surface area contributed by atoms with Crippen LogP contribution in [0.4, 0.5) is 13.2 Å². The highest BCUT2D eigenvalue weighted by atomic mass is 79.9. The average Bonchev–Trinajstić information content (AvgIpc) is 2.42. The molecule has 0 radical (unpaired) electrons. The van der Waals surface area contributed by atoms with Crippen LogP contribution in [-0.2, 0) is 12.7 Å². The highest BCUT2D eigenvalue weighted by Crippen LogP contribution is 2.37. The minimum Gasteiger partial charge on any atom is -0.456 e. The van der Waals surface area contributed by atoms with Gasteiger partial charge in [-0.15, -0.1) is 0 Å². The zero-order valence-corrected chi connectivity index (χ0v) is 12.8. The van der Waals surface area contributed by atoms with E-state index in [2.05, 4.69) is 21.2 Å². The number of hydrogen-bond acceptors (Lipinski definition) is 2. The molecule has 0 fully saturated rings. The standard InChI is InChI=1S/C15H13BrF3NO/c1-20-9-10-4-2-3-5-13(10)21-14-7-6-11(8-12(14)16)15(17,18)19/h2-8,20H,9H2,1H3. The van der Waals surface area contributed by atoms with Crippen LogP contribution in [0, 0.1) is 0 Å². The Morgan fingerprint density at radius 1 is 1.10 bits per heavy atom. The summed E-state index contributed by atoms with van der Waals surface area (Å²) in [4.78, 5) is 0. The first-order chi connectivity index (χ1) is 9.91. The molecule has 1 N–H and O–H groups in total. The SMILES string of the molecule is CNCc1ccccc1Oc1ccc(C(F)(F)F)cc1Br. The number of benzene rings is 2. The Morgan fingerprint density at radius 2 is 1.81 bits per heavy atom. The largest absolute Gasteiger partial charge is 0.456 e. The predicted octanol–water partition coefficient (Wildman–Crippen LogP) is 4.98. The van der Waals surface area contributed by atoms with E-state index in [1.165, 1.54) is 6.07 Å². The van der Waals surface area contributed by atoms with E-state index in [1.807, 2.05) is 25.2 Å². The molecule has 0 bridgehead atoms.